The first-order valence-corrected chi connectivity index (χ1v) is 6.96. The summed E-state index contributed by atoms with van der Waals surface area (Å²) in [5.41, 5.74) is 5.69. The van der Waals surface area contributed by atoms with Crippen LogP contribution in [0.15, 0.2) is 6.20 Å². The molecule has 1 aliphatic carbocycles. The predicted molar refractivity (Wildman–Crippen MR) is 70.7 cm³/mol. The van der Waals surface area contributed by atoms with E-state index < -0.39 is 0 Å². The fraction of sp³-hybridized carbons (Fsp3) is 0.750. The molecule has 1 aromatic rings. The number of aromatic nitrogens is 1. The molecule has 0 bridgehead atoms. The van der Waals surface area contributed by atoms with Crippen LogP contribution in [0.1, 0.15) is 39.5 Å². The lowest BCUT2D eigenvalue weighted by molar-refractivity contribution is 0.254. The molecule has 4 heteroatoms. The third-order valence-corrected chi connectivity index (χ3v) is 4.27. The van der Waals surface area contributed by atoms with Gasteiger partial charge in [-0.25, -0.2) is 4.98 Å². The van der Waals surface area contributed by atoms with Crippen LogP contribution in [0, 0.1) is 11.8 Å². The second-order valence-corrected chi connectivity index (χ2v) is 6.07. The van der Waals surface area contributed by atoms with E-state index >= 15 is 0 Å². The van der Waals surface area contributed by atoms with Crippen molar-refractivity contribution in [1.82, 2.24) is 4.98 Å². The van der Waals surface area contributed by atoms with Gasteiger partial charge in [0.1, 0.15) is 5.00 Å². The van der Waals surface area contributed by atoms with Crippen LogP contribution in [0.3, 0.4) is 0 Å². The Morgan fingerprint density at radius 1 is 1.44 bits per heavy atom. The van der Waals surface area contributed by atoms with Crippen molar-refractivity contribution < 1.29 is 0 Å². The van der Waals surface area contributed by atoms with E-state index in [1.165, 1.54) is 25.7 Å². The normalized spacial score (nSPS) is 25.9. The van der Waals surface area contributed by atoms with E-state index in [9.17, 15) is 0 Å². The van der Waals surface area contributed by atoms with Crippen molar-refractivity contribution in [3.05, 3.63) is 6.20 Å². The van der Waals surface area contributed by atoms with Crippen molar-refractivity contribution in [1.29, 1.82) is 0 Å². The lowest BCUT2D eigenvalue weighted by Crippen LogP contribution is -2.35. The molecule has 0 aromatic carbocycles. The lowest BCUT2D eigenvalue weighted by atomic mass is 9.78. The van der Waals surface area contributed by atoms with Gasteiger partial charge >= 0.3 is 0 Å². The van der Waals surface area contributed by atoms with Gasteiger partial charge in [0, 0.05) is 6.04 Å². The van der Waals surface area contributed by atoms with Crippen LogP contribution in [-0.2, 0) is 0 Å². The summed E-state index contributed by atoms with van der Waals surface area (Å²) in [6, 6.07) is 0.583. The standard InChI is InChI=1S/C12H21N3S/c1-8(2)9-5-3-4-6-10(9)15-12-14-7-11(13)16-12/h7-10H,3-6,13H2,1-2H3,(H,14,15). The molecule has 0 amide bonds. The Morgan fingerprint density at radius 3 is 2.81 bits per heavy atom. The van der Waals surface area contributed by atoms with Crippen molar-refractivity contribution in [3.63, 3.8) is 0 Å². The maximum Gasteiger partial charge on any atom is 0.184 e. The highest BCUT2D eigenvalue weighted by Crippen LogP contribution is 2.33. The molecule has 0 radical (unpaired) electrons. The number of hydrogen-bond donors (Lipinski definition) is 2. The highest BCUT2D eigenvalue weighted by atomic mass is 32.1. The summed E-state index contributed by atoms with van der Waals surface area (Å²) in [5, 5.41) is 5.33. The fourth-order valence-electron chi connectivity index (χ4n) is 2.65. The van der Waals surface area contributed by atoms with Gasteiger partial charge in [0.05, 0.1) is 6.20 Å². The van der Waals surface area contributed by atoms with E-state index in [0.29, 0.717) is 6.04 Å². The van der Waals surface area contributed by atoms with Gasteiger partial charge in [-0.2, -0.15) is 0 Å². The summed E-state index contributed by atoms with van der Waals surface area (Å²) in [5.74, 6) is 1.52. The molecule has 0 aliphatic heterocycles. The highest BCUT2D eigenvalue weighted by Gasteiger charge is 2.27. The van der Waals surface area contributed by atoms with Crippen molar-refractivity contribution in [2.24, 2.45) is 11.8 Å². The lowest BCUT2D eigenvalue weighted by Gasteiger charge is -2.34. The summed E-state index contributed by atoms with van der Waals surface area (Å²) in [6.45, 7) is 4.64. The minimum absolute atomic E-state index is 0.583. The van der Waals surface area contributed by atoms with E-state index in [1.54, 1.807) is 17.5 Å². The van der Waals surface area contributed by atoms with Crippen molar-refractivity contribution in [2.45, 2.75) is 45.6 Å². The summed E-state index contributed by atoms with van der Waals surface area (Å²) < 4.78 is 0. The van der Waals surface area contributed by atoms with Crippen LogP contribution in [0.5, 0.6) is 0 Å². The first kappa shape index (κ1) is 11.7. The van der Waals surface area contributed by atoms with Crippen molar-refractivity contribution in [2.75, 3.05) is 11.1 Å². The minimum Gasteiger partial charge on any atom is -0.389 e. The van der Waals surface area contributed by atoms with E-state index in [0.717, 1.165) is 22.0 Å². The van der Waals surface area contributed by atoms with E-state index in [-0.39, 0.29) is 0 Å². The van der Waals surface area contributed by atoms with E-state index in [1.807, 2.05) is 0 Å². The summed E-state index contributed by atoms with van der Waals surface area (Å²) in [7, 11) is 0. The van der Waals surface area contributed by atoms with Crippen molar-refractivity contribution >= 4 is 21.5 Å². The molecular formula is C12H21N3S. The molecule has 3 N–H and O–H groups in total. The Balaban J connectivity index is 2.01. The maximum absolute atomic E-state index is 5.69. The van der Waals surface area contributed by atoms with Crippen LogP contribution in [-0.4, -0.2) is 11.0 Å². The highest BCUT2D eigenvalue weighted by molar-refractivity contribution is 7.19. The molecule has 1 aromatic heterocycles. The number of rotatable bonds is 3. The molecule has 2 unspecified atom stereocenters. The Bertz CT molecular complexity index is 335. The fourth-order valence-corrected chi connectivity index (χ4v) is 3.29. The monoisotopic (exact) mass is 239 g/mol. The zero-order chi connectivity index (χ0) is 11.5. The number of hydrogen-bond acceptors (Lipinski definition) is 4. The molecule has 90 valence electrons. The number of nitrogen functional groups attached to an aromatic ring is 1. The average molecular weight is 239 g/mol. The first-order chi connectivity index (χ1) is 7.66. The summed E-state index contributed by atoms with van der Waals surface area (Å²) in [4.78, 5) is 4.29. The molecule has 1 heterocycles. The Kier molecular flexibility index (Phi) is 3.69. The minimum atomic E-state index is 0.583. The number of nitrogens with zero attached hydrogens (tertiary/aromatic N) is 1. The van der Waals surface area contributed by atoms with Crippen LogP contribution in [0.4, 0.5) is 10.1 Å². The maximum atomic E-state index is 5.69. The van der Waals surface area contributed by atoms with Gasteiger partial charge < -0.3 is 11.1 Å². The van der Waals surface area contributed by atoms with Gasteiger partial charge in [0.15, 0.2) is 5.13 Å². The molecule has 2 atom stereocenters. The molecule has 3 nitrogen and oxygen atoms in total. The molecule has 2 rings (SSSR count). The van der Waals surface area contributed by atoms with E-state index in [2.05, 4.69) is 24.1 Å². The van der Waals surface area contributed by atoms with Gasteiger partial charge in [-0.3, -0.25) is 0 Å². The number of nitrogens with one attached hydrogen (secondary N) is 1. The Morgan fingerprint density at radius 2 is 2.19 bits per heavy atom. The molecule has 1 saturated carbocycles. The second kappa shape index (κ2) is 5.04. The van der Waals surface area contributed by atoms with Gasteiger partial charge in [0.2, 0.25) is 0 Å². The zero-order valence-electron chi connectivity index (χ0n) is 10.1. The largest absolute Gasteiger partial charge is 0.389 e. The van der Waals surface area contributed by atoms with Crippen LogP contribution >= 0.6 is 11.3 Å². The SMILES string of the molecule is CC(C)C1CCCCC1Nc1ncc(N)s1. The average Bonchev–Trinajstić information content (AvgIpc) is 2.64. The number of nitrogens with two attached hydrogens (primary N) is 1. The zero-order valence-corrected chi connectivity index (χ0v) is 10.9. The van der Waals surface area contributed by atoms with Gasteiger partial charge in [-0.1, -0.05) is 38.0 Å². The van der Waals surface area contributed by atoms with Gasteiger partial charge in [-0.05, 0) is 24.7 Å². The molecular weight excluding hydrogens is 218 g/mol. The van der Waals surface area contributed by atoms with Crippen molar-refractivity contribution in [3.8, 4) is 0 Å². The third kappa shape index (κ3) is 2.67. The summed E-state index contributed by atoms with van der Waals surface area (Å²) >= 11 is 1.55. The summed E-state index contributed by atoms with van der Waals surface area (Å²) in [6.07, 6.45) is 7.06. The topological polar surface area (TPSA) is 50.9 Å². The number of anilines is 2. The smallest absolute Gasteiger partial charge is 0.184 e. The quantitative estimate of drug-likeness (QED) is 0.850. The van der Waals surface area contributed by atoms with Crippen LogP contribution in [0.25, 0.3) is 0 Å². The second-order valence-electron chi connectivity index (χ2n) is 5.01. The molecule has 1 fully saturated rings. The van der Waals surface area contributed by atoms with Gasteiger partial charge in [-0.15, -0.1) is 0 Å². The molecule has 1 aliphatic rings. The molecule has 16 heavy (non-hydrogen) atoms. The molecule has 0 spiro atoms. The Labute approximate surface area is 101 Å². The van der Waals surface area contributed by atoms with Gasteiger partial charge in [0.25, 0.3) is 0 Å². The van der Waals surface area contributed by atoms with Crippen LogP contribution < -0.4 is 11.1 Å². The number of thiazole rings is 1. The predicted octanol–water partition coefficient (Wildman–Crippen LogP) is 3.35. The first-order valence-electron chi connectivity index (χ1n) is 6.14. The van der Waals surface area contributed by atoms with Crippen LogP contribution in [0.2, 0.25) is 0 Å². The third-order valence-electron chi connectivity index (χ3n) is 3.51. The molecule has 0 saturated heterocycles. The Hall–Kier alpha value is -0.770. The van der Waals surface area contributed by atoms with E-state index in [4.69, 9.17) is 5.73 Å².